The minimum Gasteiger partial charge on any atom is -0.444 e. The molecule has 0 spiro atoms. The largest absolute Gasteiger partial charge is 0.444 e. The first-order valence-electron chi connectivity index (χ1n) is 5.15. The SMILES string of the molecule is CC(C)(C)OC(=O)N1CC(NC(=O)CCl)C1. The minimum absolute atomic E-state index is 0.00114. The van der Waals surface area contributed by atoms with Crippen molar-refractivity contribution < 1.29 is 14.3 Å². The topological polar surface area (TPSA) is 58.6 Å². The first-order chi connectivity index (χ1) is 7.31. The fourth-order valence-electron chi connectivity index (χ4n) is 1.31. The van der Waals surface area contributed by atoms with Crippen molar-refractivity contribution in [3.8, 4) is 0 Å². The number of carbonyl (C=O) groups is 2. The van der Waals surface area contributed by atoms with Gasteiger partial charge in [-0.05, 0) is 20.8 Å². The van der Waals surface area contributed by atoms with Crippen LogP contribution in [0.1, 0.15) is 20.8 Å². The average Bonchev–Trinajstić information content (AvgIpc) is 2.06. The zero-order valence-electron chi connectivity index (χ0n) is 9.75. The molecule has 0 unspecified atom stereocenters. The summed E-state index contributed by atoms with van der Waals surface area (Å²) < 4.78 is 5.17. The number of rotatable bonds is 2. The summed E-state index contributed by atoms with van der Waals surface area (Å²) in [6.07, 6.45) is -0.344. The van der Waals surface area contributed by atoms with Gasteiger partial charge in [-0.2, -0.15) is 0 Å². The molecule has 2 amide bonds. The second-order valence-corrected chi connectivity index (χ2v) is 5.05. The molecule has 1 N–H and O–H groups in total. The van der Waals surface area contributed by atoms with Gasteiger partial charge in [0.15, 0.2) is 0 Å². The van der Waals surface area contributed by atoms with Gasteiger partial charge in [-0.25, -0.2) is 4.79 Å². The Morgan fingerprint density at radius 1 is 1.44 bits per heavy atom. The average molecular weight is 249 g/mol. The van der Waals surface area contributed by atoms with Gasteiger partial charge in [0.2, 0.25) is 5.91 Å². The molecule has 92 valence electrons. The van der Waals surface area contributed by atoms with E-state index in [1.165, 1.54) is 0 Å². The van der Waals surface area contributed by atoms with E-state index < -0.39 is 5.60 Å². The van der Waals surface area contributed by atoms with Crippen molar-refractivity contribution in [2.45, 2.75) is 32.4 Å². The molecule has 16 heavy (non-hydrogen) atoms. The van der Waals surface area contributed by atoms with Crippen molar-refractivity contribution in [2.75, 3.05) is 19.0 Å². The van der Waals surface area contributed by atoms with E-state index in [9.17, 15) is 9.59 Å². The molecule has 0 aromatic rings. The highest BCUT2D eigenvalue weighted by Gasteiger charge is 2.34. The van der Waals surface area contributed by atoms with Crippen LogP contribution < -0.4 is 5.32 Å². The molecule has 6 heteroatoms. The highest BCUT2D eigenvalue weighted by Crippen LogP contribution is 2.14. The van der Waals surface area contributed by atoms with Gasteiger partial charge in [0.1, 0.15) is 11.5 Å². The maximum atomic E-state index is 11.5. The number of hydrogen-bond donors (Lipinski definition) is 1. The van der Waals surface area contributed by atoms with Gasteiger partial charge >= 0.3 is 6.09 Å². The molecular formula is C10H17ClN2O3. The monoisotopic (exact) mass is 248 g/mol. The zero-order valence-corrected chi connectivity index (χ0v) is 10.5. The van der Waals surface area contributed by atoms with Crippen LogP contribution >= 0.6 is 11.6 Å². The molecule has 0 atom stereocenters. The van der Waals surface area contributed by atoms with Crippen molar-refractivity contribution in [3.05, 3.63) is 0 Å². The molecule has 1 aliphatic rings. The van der Waals surface area contributed by atoms with Gasteiger partial charge in [-0.15, -0.1) is 11.6 Å². The van der Waals surface area contributed by atoms with E-state index in [4.69, 9.17) is 16.3 Å². The number of likely N-dealkylation sites (tertiary alicyclic amines) is 1. The van der Waals surface area contributed by atoms with Gasteiger partial charge < -0.3 is 15.0 Å². The summed E-state index contributed by atoms with van der Waals surface area (Å²) in [5.41, 5.74) is -0.485. The molecule has 0 aliphatic carbocycles. The standard InChI is InChI=1S/C10H17ClN2O3/c1-10(2,3)16-9(15)13-5-7(6-13)12-8(14)4-11/h7H,4-6H2,1-3H3,(H,12,14). The van der Waals surface area contributed by atoms with Gasteiger partial charge in [0.25, 0.3) is 0 Å². The fraction of sp³-hybridized carbons (Fsp3) is 0.800. The number of halogens is 1. The van der Waals surface area contributed by atoms with Gasteiger partial charge in [-0.1, -0.05) is 0 Å². The first-order valence-corrected chi connectivity index (χ1v) is 5.68. The number of carbonyl (C=O) groups excluding carboxylic acids is 2. The lowest BCUT2D eigenvalue weighted by molar-refractivity contribution is -0.120. The van der Waals surface area contributed by atoms with Crippen LogP contribution in [0.5, 0.6) is 0 Å². The molecule has 1 rings (SSSR count). The van der Waals surface area contributed by atoms with Crippen LogP contribution in [0, 0.1) is 0 Å². The highest BCUT2D eigenvalue weighted by atomic mass is 35.5. The lowest BCUT2D eigenvalue weighted by Gasteiger charge is -2.39. The quantitative estimate of drug-likeness (QED) is 0.741. The van der Waals surface area contributed by atoms with Crippen LogP contribution in [0.3, 0.4) is 0 Å². The second-order valence-electron chi connectivity index (χ2n) is 4.78. The number of alkyl halides is 1. The van der Waals surface area contributed by atoms with E-state index in [1.54, 1.807) is 4.90 Å². The summed E-state index contributed by atoms with van der Waals surface area (Å²) >= 11 is 5.35. The first kappa shape index (κ1) is 13.1. The summed E-state index contributed by atoms with van der Waals surface area (Å²) in [6.45, 7) is 6.42. The summed E-state index contributed by atoms with van der Waals surface area (Å²) in [5, 5.41) is 2.69. The van der Waals surface area contributed by atoms with Gasteiger partial charge in [-0.3, -0.25) is 4.79 Å². The molecule has 5 nitrogen and oxygen atoms in total. The molecule has 0 aromatic carbocycles. The van der Waals surface area contributed by atoms with Crippen molar-refractivity contribution in [2.24, 2.45) is 0 Å². The summed E-state index contributed by atoms with van der Waals surface area (Å²) in [5.74, 6) is -0.265. The third-order valence-corrected chi connectivity index (χ3v) is 2.26. The van der Waals surface area contributed by atoms with E-state index in [-0.39, 0.29) is 23.9 Å². The van der Waals surface area contributed by atoms with E-state index in [1.807, 2.05) is 20.8 Å². The van der Waals surface area contributed by atoms with Crippen LogP contribution in [0.15, 0.2) is 0 Å². The van der Waals surface area contributed by atoms with Gasteiger partial charge in [0.05, 0.1) is 6.04 Å². The smallest absolute Gasteiger partial charge is 0.410 e. The van der Waals surface area contributed by atoms with Crippen molar-refractivity contribution in [3.63, 3.8) is 0 Å². The minimum atomic E-state index is -0.485. The Morgan fingerprint density at radius 3 is 2.44 bits per heavy atom. The van der Waals surface area contributed by atoms with E-state index in [0.717, 1.165) is 0 Å². The third-order valence-electron chi connectivity index (χ3n) is 2.02. The normalized spacial score (nSPS) is 16.6. The van der Waals surface area contributed by atoms with Gasteiger partial charge in [0, 0.05) is 13.1 Å². The van der Waals surface area contributed by atoms with E-state index in [0.29, 0.717) is 13.1 Å². The molecule has 0 bridgehead atoms. The lowest BCUT2D eigenvalue weighted by Crippen LogP contribution is -2.61. The number of nitrogens with zero attached hydrogens (tertiary/aromatic N) is 1. The van der Waals surface area contributed by atoms with Crippen LogP contribution in [-0.2, 0) is 9.53 Å². The van der Waals surface area contributed by atoms with Crippen molar-refractivity contribution in [1.29, 1.82) is 0 Å². The van der Waals surface area contributed by atoms with Crippen LogP contribution in [0.2, 0.25) is 0 Å². The molecular weight excluding hydrogens is 232 g/mol. The van der Waals surface area contributed by atoms with Crippen LogP contribution in [-0.4, -0.2) is 47.5 Å². The predicted molar refractivity (Wildman–Crippen MR) is 60.5 cm³/mol. The molecule has 1 aliphatic heterocycles. The number of amides is 2. The number of hydrogen-bond acceptors (Lipinski definition) is 3. The Kier molecular flexibility index (Phi) is 4.02. The Morgan fingerprint density at radius 2 is 2.00 bits per heavy atom. The maximum absolute atomic E-state index is 11.5. The molecule has 0 aromatic heterocycles. The molecule has 0 saturated carbocycles. The fourth-order valence-corrected chi connectivity index (χ4v) is 1.39. The van der Waals surface area contributed by atoms with E-state index >= 15 is 0 Å². The summed E-state index contributed by atoms with van der Waals surface area (Å²) in [4.78, 5) is 24.0. The Hall–Kier alpha value is -0.970. The number of nitrogens with one attached hydrogen (secondary N) is 1. The Balaban J connectivity index is 2.25. The zero-order chi connectivity index (χ0) is 12.3. The van der Waals surface area contributed by atoms with E-state index in [2.05, 4.69) is 5.32 Å². The third kappa shape index (κ3) is 3.89. The van der Waals surface area contributed by atoms with Crippen molar-refractivity contribution in [1.82, 2.24) is 10.2 Å². The summed E-state index contributed by atoms with van der Waals surface area (Å²) in [7, 11) is 0. The Labute approximate surface area is 100 Å². The molecule has 1 heterocycles. The molecule has 1 saturated heterocycles. The van der Waals surface area contributed by atoms with Crippen molar-refractivity contribution >= 4 is 23.6 Å². The number of ether oxygens (including phenoxy) is 1. The van der Waals surface area contributed by atoms with Crippen LogP contribution in [0.25, 0.3) is 0 Å². The molecule has 1 fully saturated rings. The van der Waals surface area contributed by atoms with Crippen LogP contribution in [0.4, 0.5) is 4.79 Å². The predicted octanol–water partition coefficient (Wildman–Crippen LogP) is 0.961. The second kappa shape index (κ2) is 4.91. The molecule has 0 radical (unpaired) electrons. The highest BCUT2D eigenvalue weighted by molar-refractivity contribution is 6.27. The Bertz CT molecular complexity index is 282. The summed E-state index contributed by atoms with van der Waals surface area (Å²) in [6, 6.07) is -0.00114. The lowest BCUT2D eigenvalue weighted by atomic mass is 10.1. The maximum Gasteiger partial charge on any atom is 0.410 e.